The average molecular weight is 505 g/mol. The van der Waals surface area contributed by atoms with Gasteiger partial charge in [-0.05, 0) is 49.2 Å². The van der Waals surface area contributed by atoms with E-state index in [9.17, 15) is 17.6 Å². The lowest BCUT2D eigenvalue weighted by atomic mass is 10.2. The molecule has 1 aromatic heterocycles. The average Bonchev–Trinajstić information content (AvgIpc) is 3.52. The number of aromatic nitrogens is 1. The topological polar surface area (TPSA) is 83.0 Å². The maximum absolute atomic E-state index is 13.3. The van der Waals surface area contributed by atoms with E-state index in [1.54, 1.807) is 23.3 Å². The minimum absolute atomic E-state index is 0.00434. The third-order valence-electron chi connectivity index (χ3n) is 6.36. The molecule has 0 bridgehead atoms. The lowest BCUT2D eigenvalue weighted by Crippen LogP contribution is -2.54. The first-order valence-corrected chi connectivity index (χ1v) is 13.4. The van der Waals surface area contributed by atoms with Gasteiger partial charge in [0.25, 0.3) is 0 Å². The van der Waals surface area contributed by atoms with Crippen LogP contribution in [0.4, 0.5) is 9.52 Å². The van der Waals surface area contributed by atoms with Gasteiger partial charge in [-0.15, -0.1) is 0 Å². The highest BCUT2D eigenvalue weighted by Crippen LogP contribution is 2.34. The SMILES string of the molecule is COc1cccc2sc(N3CCN(C(=O)C4CCCN4S(=O)(=O)c4ccc(F)cc4)CC3)nc12. The van der Waals surface area contributed by atoms with Gasteiger partial charge in [0.05, 0.1) is 16.7 Å². The number of ether oxygens (including phenoxy) is 1. The van der Waals surface area contributed by atoms with Crippen LogP contribution in [0, 0.1) is 5.82 Å². The molecule has 0 saturated carbocycles. The molecule has 0 N–H and O–H groups in total. The maximum Gasteiger partial charge on any atom is 0.243 e. The van der Waals surface area contributed by atoms with Crippen LogP contribution in [0.1, 0.15) is 12.8 Å². The molecule has 11 heteroatoms. The second kappa shape index (κ2) is 9.12. The molecule has 3 aromatic rings. The molecule has 3 heterocycles. The summed E-state index contributed by atoms with van der Waals surface area (Å²) in [4.78, 5) is 22.0. The largest absolute Gasteiger partial charge is 0.494 e. The van der Waals surface area contributed by atoms with Crippen molar-refractivity contribution in [3.63, 3.8) is 0 Å². The standard InChI is InChI=1S/C23H25FN4O4S2/c1-32-19-5-2-6-20-21(19)25-23(33-20)27-14-12-26(13-15-27)22(29)18-4-3-11-28(18)34(30,31)17-9-7-16(24)8-10-17/h2,5-10,18H,3-4,11-15H2,1H3. The number of fused-ring (bicyclic) bond motifs is 1. The van der Waals surface area contributed by atoms with E-state index in [1.807, 2.05) is 18.2 Å². The number of halogens is 1. The molecule has 8 nitrogen and oxygen atoms in total. The minimum Gasteiger partial charge on any atom is -0.494 e. The summed E-state index contributed by atoms with van der Waals surface area (Å²) >= 11 is 1.59. The smallest absolute Gasteiger partial charge is 0.243 e. The summed E-state index contributed by atoms with van der Waals surface area (Å²) in [5, 5.41) is 0.882. The summed E-state index contributed by atoms with van der Waals surface area (Å²) in [6.07, 6.45) is 1.10. The fourth-order valence-electron chi connectivity index (χ4n) is 4.56. The molecule has 1 atom stereocenters. The third-order valence-corrected chi connectivity index (χ3v) is 9.37. The van der Waals surface area contributed by atoms with E-state index in [0.29, 0.717) is 39.0 Å². The summed E-state index contributed by atoms with van der Waals surface area (Å²) in [6.45, 7) is 2.50. The summed E-state index contributed by atoms with van der Waals surface area (Å²) in [7, 11) is -2.25. The van der Waals surface area contributed by atoms with Gasteiger partial charge in [0.1, 0.15) is 23.1 Å². The molecular weight excluding hydrogens is 479 g/mol. The van der Waals surface area contributed by atoms with Gasteiger partial charge < -0.3 is 14.5 Å². The van der Waals surface area contributed by atoms with E-state index in [4.69, 9.17) is 9.72 Å². The van der Waals surface area contributed by atoms with Crippen LogP contribution in [0.5, 0.6) is 5.75 Å². The van der Waals surface area contributed by atoms with Gasteiger partial charge in [-0.3, -0.25) is 4.79 Å². The number of carbonyl (C=O) groups is 1. The van der Waals surface area contributed by atoms with Gasteiger partial charge in [0, 0.05) is 32.7 Å². The van der Waals surface area contributed by atoms with Crippen LogP contribution in [-0.4, -0.2) is 74.4 Å². The van der Waals surface area contributed by atoms with Gasteiger partial charge in [0.2, 0.25) is 15.9 Å². The lowest BCUT2D eigenvalue weighted by Gasteiger charge is -2.37. The van der Waals surface area contributed by atoms with Gasteiger partial charge >= 0.3 is 0 Å². The fraction of sp³-hybridized carbons (Fsp3) is 0.391. The Kier molecular flexibility index (Phi) is 6.17. The van der Waals surface area contributed by atoms with Gasteiger partial charge in [-0.2, -0.15) is 4.31 Å². The first-order valence-electron chi connectivity index (χ1n) is 11.1. The number of hydrogen-bond donors (Lipinski definition) is 0. The molecular formula is C23H25FN4O4S2. The molecule has 5 rings (SSSR count). The van der Waals surface area contributed by atoms with Crippen molar-refractivity contribution in [2.75, 3.05) is 44.7 Å². The molecule has 0 aliphatic carbocycles. The second-order valence-corrected chi connectivity index (χ2v) is 11.2. The number of benzene rings is 2. The Labute approximate surface area is 201 Å². The normalized spacial score (nSPS) is 19.6. The Balaban J connectivity index is 1.28. The Morgan fingerprint density at radius 2 is 1.82 bits per heavy atom. The Morgan fingerprint density at radius 3 is 2.53 bits per heavy atom. The Morgan fingerprint density at radius 1 is 1.09 bits per heavy atom. The number of piperazine rings is 1. The van der Waals surface area contributed by atoms with Crippen molar-refractivity contribution >= 4 is 42.6 Å². The number of thiazole rings is 1. The first-order chi connectivity index (χ1) is 16.4. The van der Waals surface area contributed by atoms with Crippen molar-refractivity contribution in [1.82, 2.24) is 14.2 Å². The quantitative estimate of drug-likeness (QED) is 0.531. The van der Waals surface area contributed by atoms with Crippen molar-refractivity contribution in [3.8, 4) is 5.75 Å². The molecule has 34 heavy (non-hydrogen) atoms. The Bertz CT molecular complexity index is 1300. The zero-order valence-electron chi connectivity index (χ0n) is 18.7. The predicted octanol–water partition coefficient (Wildman–Crippen LogP) is 2.95. The van der Waals surface area contributed by atoms with Crippen LogP contribution in [0.3, 0.4) is 0 Å². The number of sulfonamides is 1. The number of amides is 1. The second-order valence-electron chi connectivity index (χ2n) is 8.34. The number of hydrogen-bond acceptors (Lipinski definition) is 7. The van der Waals surface area contributed by atoms with Gasteiger partial charge in [0.15, 0.2) is 5.13 Å². The van der Waals surface area contributed by atoms with E-state index >= 15 is 0 Å². The van der Waals surface area contributed by atoms with Gasteiger partial charge in [-0.1, -0.05) is 17.4 Å². The van der Waals surface area contributed by atoms with E-state index in [-0.39, 0.29) is 17.3 Å². The molecule has 2 aliphatic rings. The van der Waals surface area contributed by atoms with E-state index < -0.39 is 21.9 Å². The molecule has 2 aromatic carbocycles. The van der Waals surface area contributed by atoms with E-state index in [2.05, 4.69) is 4.90 Å². The summed E-state index contributed by atoms with van der Waals surface area (Å²) < 4.78 is 47.2. The number of methoxy groups -OCH3 is 1. The number of anilines is 1. The summed E-state index contributed by atoms with van der Waals surface area (Å²) in [5.41, 5.74) is 0.830. The van der Waals surface area contributed by atoms with Crippen LogP contribution in [-0.2, 0) is 14.8 Å². The zero-order chi connectivity index (χ0) is 23.9. The van der Waals surface area contributed by atoms with Crippen LogP contribution in [0.15, 0.2) is 47.4 Å². The highest BCUT2D eigenvalue weighted by atomic mass is 32.2. The minimum atomic E-state index is -3.87. The Hall–Kier alpha value is -2.76. The summed E-state index contributed by atoms with van der Waals surface area (Å²) in [5.74, 6) is 0.0590. The molecule has 180 valence electrons. The lowest BCUT2D eigenvalue weighted by molar-refractivity contribution is -0.134. The summed E-state index contributed by atoms with van der Waals surface area (Å²) in [6, 6.07) is 9.84. The van der Waals surface area contributed by atoms with Crippen molar-refractivity contribution < 1.29 is 22.3 Å². The highest BCUT2D eigenvalue weighted by molar-refractivity contribution is 7.89. The van der Waals surface area contributed by atoms with Crippen molar-refractivity contribution in [1.29, 1.82) is 0 Å². The van der Waals surface area contributed by atoms with Crippen LogP contribution < -0.4 is 9.64 Å². The molecule has 1 amide bonds. The van der Waals surface area contributed by atoms with Crippen LogP contribution in [0.2, 0.25) is 0 Å². The van der Waals surface area contributed by atoms with Gasteiger partial charge in [-0.25, -0.2) is 17.8 Å². The predicted molar refractivity (Wildman–Crippen MR) is 128 cm³/mol. The van der Waals surface area contributed by atoms with Crippen LogP contribution in [0.25, 0.3) is 10.2 Å². The van der Waals surface area contributed by atoms with Crippen molar-refractivity contribution in [2.45, 2.75) is 23.8 Å². The van der Waals surface area contributed by atoms with Crippen LogP contribution >= 0.6 is 11.3 Å². The van der Waals surface area contributed by atoms with E-state index in [0.717, 1.165) is 33.2 Å². The number of nitrogens with zero attached hydrogens (tertiary/aromatic N) is 4. The fourth-order valence-corrected chi connectivity index (χ4v) is 7.24. The third kappa shape index (κ3) is 4.12. The molecule has 2 aliphatic heterocycles. The monoisotopic (exact) mass is 504 g/mol. The molecule has 2 saturated heterocycles. The number of rotatable bonds is 5. The van der Waals surface area contributed by atoms with Crippen molar-refractivity contribution in [3.05, 3.63) is 48.3 Å². The molecule has 0 radical (unpaired) electrons. The zero-order valence-corrected chi connectivity index (χ0v) is 20.3. The maximum atomic E-state index is 13.3. The first kappa shape index (κ1) is 23.0. The van der Waals surface area contributed by atoms with Crippen molar-refractivity contribution in [2.24, 2.45) is 0 Å². The number of carbonyl (C=O) groups excluding carboxylic acids is 1. The number of para-hydroxylation sites is 1. The molecule has 0 spiro atoms. The highest BCUT2D eigenvalue weighted by Gasteiger charge is 2.41. The van der Waals surface area contributed by atoms with E-state index in [1.165, 1.54) is 16.4 Å². The molecule has 2 fully saturated rings. The molecule has 1 unspecified atom stereocenters.